The summed E-state index contributed by atoms with van der Waals surface area (Å²) in [4.78, 5) is 18.8. The highest BCUT2D eigenvalue weighted by Gasteiger charge is 2.33. The van der Waals surface area contributed by atoms with Gasteiger partial charge in [0, 0.05) is 18.0 Å². The Morgan fingerprint density at radius 3 is 2.50 bits per heavy atom. The Labute approximate surface area is 107 Å². The quantitative estimate of drug-likeness (QED) is 0.871. The van der Waals surface area contributed by atoms with Gasteiger partial charge in [-0.1, -0.05) is 0 Å². The predicted molar refractivity (Wildman–Crippen MR) is 67.3 cm³/mol. The monoisotopic (exact) mass is 248 g/mol. The predicted octanol–water partition coefficient (Wildman–Crippen LogP) is 2.09. The van der Waals surface area contributed by atoms with E-state index in [4.69, 9.17) is 0 Å². The van der Waals surface area contributed by atoms with Gasteiger partial charge in [0.1, 0.15) is 5.82 Å². The smallest absolute Gasteiger partial charge is 0.294 e. The maximum atomic E-state index is 12.5. The number of hydrogen-bond acceptors (Lipinski definition) is 3. The van der Waals surface area contributed by atoms with Crippen molar-refractivity contribution in [1.29, 1.82) is 0 Å². The van der Waals surface area contributed by atoms with Crippen molar-refractivity contribution < 1.29 is 4.79 Å². The maximum absolute atomic E-state index is 12.5. The van der Waals surface area contributed by atoms with Crippen molar-refractivity contribution in [3.05, 3.63) is 11.6 Å². The van der Waals surface area contributed by atoms with Crippen LogP contribution in [-0.4, -0.2) is 38.1 Å². The highest BCUT2D eigenvalue weighted by atomic mass is 16.2. The average molecular weight is 248 g/mol. The molecule has 1 aliphatic heterocycles. The lowest BCUT2D eigenvalue weighted by molar-refractivity contribution is 0.0498. The summed E-state index contributed by atoms with van der Waals surface area (Å²) in [5.74, 6) is 1.72. The van der Waals surface area contributed by atoms with Crippen LogP contribution in [0.2, 0.25) is 0 Å². The lowest BCUT2D eigenvalue weighted by Gasteiger charge is -2.38. The standard InChI is InChI=1S/C13H20N4O/c1-8-4-3-5-9(2)17(8)13(18)12-14-11(15-16-12)10-6-7-10/h8-10H,3-7H2,1-2H3,(H,14,15,16). The maximum Gasteiger partial charge on any atom is 0.294 e. The van der Waals surface area contributed by atoms with Crippen LogP contribution in [0.3, 0.4) is 0 Å². The Morgan fingerprint density at radius 1 is 1.22 bits per heavy atom. The second-order valence-corrected chi connectivity index (χ2v) is 5.66. The molecule has 0 spiro atoms. The second-order valence-electron chi connectivity index (χ2n) is 5.66. The van der Waals surface area contributed by atoms with Crippen molar-refractivity contribution in [2.45, 2.75) is 64.0 Å². The number of H-pyrrole nitrogens is 1. The molecular formula is C13H20N4O. The molecule has 2 heterocycles. The number of nitrogens with one attached hydrogen (secondary N) is 1. The van der Waals surface area contributed by atoms with E-state index in [1.807, 2.05) is 4.90 Å². The number of hydrogen-bond donors (Lipinski definition) is 1. The number of piperidine rings is 1. The van der Waals surface area contributed by atoms with Crippen LogP contribution in [0.4, 0.5) is 0 Å². The number of carbonyl (C=O) groups excluding carboxylic acids is 1. The fourth-order valence-electron chi connectivity index (χ4n) is 2.85. The van der Waals surface area contributed by atoms with Crippen molar-refractivity contribution in [2.75, 3.05) is 0 Å². The Bertz CT molecular complexity index is 442. The van der Waals surface area contributed by atoms with Crippen LogP contribution in [0.25, 0.3) is 0 Å². The van der Waals surface area contributed by atoms with Crippen LogP contribution in [0.15, 0.2) is 0 Å². The molecule has 18 heavy (non-hydrogen) atoms. The first-order valence-corrected chi connectivity index (χ1v) is 6.91. The van der Waals surface area contributed by atoms with E-state index in [9.17, 15) is 4.79 Å². The number of carbonyl (C=O) groups is 1. The molecule has 5 nitrogen and oxygen atoms in total. The van der Waals surface area contributed by atoms with E-state index in [0.29, 0.717) is 23.8 Å². The fourth-order valence-corrected chi connectivity index (χ4v) is 2.85. The molecule has 98 valence electrons. The topological polar surface area (TPSA) is 61.9 Å². The van der Waals surface area contributed by atoms with E-state index < -0.39 is 0 Å². The lowest BCUT2D eigenvalue weighted by atomic mass is 9.97. The minimum absolute atomic E-state index is 0.0159. The third kappa shape index (κ3) is 2.02. The molecule has 3 rings (SSSR count). The minimum Gasteiger partial charge on any atom is -0.330 e. The SMILES string of the molecule is CC1CCCC(C)N1C(=O)c1n[nH]c(C2CC2)n1. The first kappa shape index (κ1) is 11.7. The molecule has 0 aromatic carbocycles. The molecule has 1 amide bonds. The van der Waals surface area contributed by atoms with Gasteiger partial charge in [-0.15, -0.1) is 5.10 Å². The van der Waals surface area contributed by atoms with Gasteiger partial charge < -0.3 is 4.90 Å². The van der Waals surface area contributed by atoms with Crippen molar-refractivity contribution >= 4 is 5.91 Å². The van der Waals surface area contributed by atoms with Gasteiger partial charge in [-0.25, -0.2) is 4.98 Å². The van der Waals surface area contributed by atoms with E-state index >= 15 is 0 Å². The summed E-state index contributed by atoms with van der Waals surface area (Å²) in [6.45, 7) is 4.23. The highest BCUT2D eigenvalue weighted by molar-refractivity contribution is 5.91. The van der Waals surface area contributed by atoms with Gasteiger partial charge in [-0.05, 0) is 46.0 Å². The zero-order valence-electron chi connectivity index (χ0n) is 11.0. The normalized spacial score (nSPS) is 28.4. The molecular weight excluding hydrogens is 228 g/mol. The Morgan fingerprint density at radius 2 is 1.89 bits per heavy atom. The molecule has 1 aromatic rings. The minimum atomic E-state index is -0.0159. The summed E-state index contributed by atoms with van der Waals surface area (Å²) in [6.07, 6.45) is 5.69. The van der Waals surface area contributed by atoms with Crippen LogP contribution < -0.4 is 0 Å². The summed E-state index contributed by atoms with van der Waals surface area (Å²) in [5, 5.41) is 7.00. The Hall–Kier alpha value is -1.39. The zero-order valence-corrected chi connectivity index (χ0v) is 11.0. The molecule has 1 saturated heterocycles. The first-order valence-electron chi connectivity index (χ1n) is 6.91. The summed E-state index contributed by atoms with van der Waals surface area (Å²) >= 11 is 0. The van der Waals surface area contributed by atoms with Crippen molar-refractivity contribution in [1.82, 2.24) is 20.1 Å². The second kappa shape index (κ2) is 4.37. The summed E-state index contributed by atoms with van der Waals surface area (Å²) in [5.41, 5.74) is 0. The molecule has 0 radical (unpaired) electrons. The molecule has 5 heteroatoms. The van der Waals surface area contributed by atoms with Gasteiger partial charge in [0.25, 0.3) is 5.91 Å². The van der Waals surface area contributed by atoms with Crippen molar-refractivity contribution in [3.8, 4) is 0 Å². The van der Waals surface area contributed by atoms with Gasteiger partial charge in [-0.3, -0.25) is 9.89 Å². The first-order chi connectivity index (χ1) is 8.66. The van der Waals surface area contributed by atoms with E-state index in [0.717, 1.165) is 18.7 Å². The molecule has 2 atom stereocenters. The largest absolute Gasteiger partial charge is 0.330 e. The number of nitrogens with zero attached hydrogens (tertiary/aromatic N) is 3. The molecule has 1 saturated carbocycles. The number of aromatic nitrogens is 3. The summed E-state index contributed by atoms with van der Waals surface area (Å²) in [6, 6.07) is 0.591. The van der Waals surface area contributed by atoms with E-state index in [1.54, 1.807) is 0 Å². The molecule has 0 bridgehead atoms. The van der Waals surface area contributed by atoms with Gasteiger partial charge in [0.05, 0.1) is 0 Å². The highest BCUT2D eigenvalue weighted by Crippen LogP contribution is 2.37. The van der Waals surface area contributed by atoms with Gasteiger partial charge in [0.2, 0.25) is 5.82 Å². The van der Waals surface area contributed by atoms with Gasteiger partial charge in [0.15, 0.2) is 0 Å². The molecule has 2 fully saturated rings. The number of rotatable bonds is 2. The third-order valence-corrected chi connectivity index (χ3v) is 4.09. The fraction of sp³-hybridized carbons (Fsp3) is 0.769. The zero-order chi connectivity index (χ0) is 12.7. The average Bonchev–Trinajstić information content (AvgIpc) is 3.07. The molecule has 2 unspecified atom stereocenters. The van der Waals surface area contributed by atoms with Crippen LogP contribution >= 0.6 is 0 Å². The Kier molecular flexibility index (Phi) is 2.84. The Balaban J connectivity index is 1.79. The third-order valence-electron chi connectivity index (χ3n) is 4.09. The summed E-state index contributed by atoms with van der Waals surface area (Å²) in [7, 11) is 0. The van der Waals surface area contributed by atoms with E-state index in [1.165, 1.54) is 19.3 Å². The summed E-state index contributed by atoms with van der Waals surface area (Å²) < 4.78 is 0. The molecule has 1 aromatic heterocycles. The van der Waals surface area contributed by atoms with Crippen LogP contribution in [0.5, 0.6) is 0 Å². The van der Waals surface area contributed by atoms with Crippen LogP contribution in [0, 0.1) is 0 Å². The van der Waals surface area contributed by atoms with E-state index in [2.05, 4.69) is 29.0 Å². The lowest BCUT2D eigenvalue weighted by Crippen LogP contribution is -2.47. The van der Waals surface area contributed by atoms with Crippen molar-refractivity contribution in [3.63, 3.8) is 0 Å². The number of amides is 1. The van der Waals surface area contributed by atoms with Gasteiger partial charge in [-0.2, -0.15) is 0 Å². The van der Waals surface area contributed by atoms with Crippen LogP contribution in [-0.2, 0) is 0 Å². The number of aromatic amines is 1. The molecule has 2 aliphatic rings. The van der Waals surface area contributed by atoms with Crippen LogP contribution in [0.1, 0.15) is 68.3 Å². The number of likely N-dealkylation sites (tertiary alicyclic amines) is 1. The van der Waals surface area contributed by atoms with Gasteiger partial charge >= 0.3 is 0 Å². The molecule has 1 aliphatic carbocycles. The van der Waals surface area contributed by atoms with Crippen molar-refractivity contribution in [2.24, 2.45) is 0 Å². The molecule has 1 N–H and O–H groups in total. The van der Waals surface area contributed by atoms with E-state index in [-0.39, 0.29) is 5.91 Å².